The number of rotatable bonds is 17. The summed E-state index contributed by atoms with van der Waals surface area (Å²) in [4.78, 5) is 41.1. The lowest BCUT2D eigenvalue weighted by molar-refractivity contribution is -0.145. The molecule has 52 heavy (non-hydrogen) atoms. The standard InChI is InChI=1S/C38H49N3O9S2/c1-5-7-18-38(19-8-6-2)23-41(27-12-10-9-11-13-27)29-20-31(51-4)30(21-32(29)52(48,49)24-38)50-22-33(44)39-35(26-14-16-28(43)17-15-26)36(45)40-34(25(3)42)37(46)47/h9-17,20-21,25,34-35,42-43H,5-8,18-19,22-24H2,1-4H3,(H,39,44)(H,40,45)(H,46,47)/t25?,34?,35-/m1/s1. The summed E-state index contributed by atoms with van der Waals surface area (Å²) in [7, 11) is -3.84. The third-order valence-corrected chi connectivity index (χ3v) is 12.0. The van der Waals surface area contributed by atoms with Gasteiger partial charge in [-0.2, -0.15) is 0 Å². The van der Waals surface area contributed by atoms with Crippen LogP contribution in [0.2, 0.25) is 0 Å². The van der Waals surface area contributed by atoms with Crippen LogP contribution in [0.3, 0.4) is 0 Å². The number of fused-ring (bicyclic) bond motifs is 1. The number of hydrogen-bond acceptors (Lipinski definition) is 10. The summed E-state index contributed by atoms with van der Waals surface area (Å²) in [6.07, 6.45) is 5.60. The molecule has 1 aliphatic heterocycles. The lowest BCUT2D eigenvalue weighted by atomic mass is 9.79. The average molecular weight is 756 g/mol. The molecule has 3 aromatic carbocycles. The van der Waals surface area contributed by atoms with Crippen LogP contribution in [0.15, 0.2) is 76.5 Å². The molecule has 3 atom stereocenters. The number of thioether (sulfide) groups is 1. The summed E-state index contributed by atoms with van der Waals surface area (Å²) < 4.78 is 34.8. The number of anilines is 2. The number of nitrogens with zero attached hydrogens (tertiary/aromatic N) is 1. The Morgan fingerprint density at radius 1 is 0.981 bits per heavy atom. The topological polar surface area (TPSA) is 183 Å². The van der Waals surface area contributed by atoms with E-state index >= 15 is 0 Å². The molecule has 3 aromatic rings. The van der Waals surface area contributed by atoms with Crippen LogP contribution in [0, 0.1) is 5.41 Å². The summed E-state index contributed by atoms with van der Waals surface area (Å²) in [5.74, 6) is -3.08. The minimum atomic E-state index is -3.84. The van der Waals surface area contributed by atoms with Crippen molar-refractivity contribution in [2.75, 3.05) is 30.1 Å². The normalized spacial score (nSPS) is 16.4. The van der Waals surface area contributed by atoms with Crippen LogP contribution in [-0.4, -0.2) is 78.8 Å². The fraction of sp³-hybridized carbons (Fsp3) is 0.447. The zero-order chi connectivity index (χ0) is 38.1. The van der Waals surface area contributed by atoms with E-state index in [0.717, 1.165) is 44.2 Å². The Morgan fingerprint density at radius 2 is 1.62 bits per heavy atom. The number of carboxylic acid groups (broad SMARTS) is 1. The molecule has 0 radical (unpaired) electrons. The Bertz CT molecular complexity index is 1790. The maximum atomic E-state index is 14.4. The maximum absolute atomic E-state index is 14.4. The summed E-state index contributed by atoms with van der Waals surface area (Å²) in [5.41, 5.74) is 1.15. The number of aromatic hydroxyl groups is 1. The molecular formula is C38H49N3O9S2. The largest absolute Gasteiger partial charge is 0.508 e. The van der Waals surface area contributed by atoms with E-state index in [1.54, 1.807) is 6.07 Å². The molecule has 14 heteroatoms. The van der Waals surface area contributed by atoms with Crippen molar-refractivity contribution in [3.8, 4) is 11.5 Å². The third-order valence-electron chi connectivity index (χ3n) is 9.25. The summed E-state index contributed by atoms with van der Waals surface area (Å²) >= 11 is 1.34. The number of amides is 2. The van der Waals surface area contributed by atoms with Crippen LogP contribution >= 0.6 is 11.8 Å². The molecule has 0 saturated carbocycles. The molecule has 0 aromatic heterocycles. The van der Waals surface area contributed by atoms with E-state index in [4.69, 9.17) is 4.74 Å². The van der Waals surface area contributed by atoms with E-state index in [-0.39, 0.29) is 27.7 Å². The molecular weight excluding hydrogens is 707 g/mol. The molecule has 1 aliphatic rings. The molecule has 12 nitrogen and oxygen atoms in total. The van der Waals surface area contributed by atoms with Gasteiger partial charge in [-0.05, 0) is 61.9 Å². The fourth-order valence-corrected chi connectivity index (χ4v) is 9.18. The number of aliphatic hydroxyl groups excluding tert-OH is 1. The first kappa shape index (κ1) is 40.5. The molecule has 0 fully saturated rings. The van der Waals surface area contributed by atoms with Gasteiger partial charge in [-0.3, -0.25) is 9.59 Å². The SMILES string of the molecule is CCCCC1(CCCC)CN(c2ccccc2)c2cc(SC)c(OCC(=O)N[C@@H](C(=O)NC(C(=O)O)C(C)O)c3ccc(O)cc3)cc2S(=O)(=O)C1. The quantitative estimate of drug-likeness (QED) is 0.108. The molecule has 4 rings (SSSR count). The van der Waals surface area contributed by atoms with Crippen LogP contribution < -0.4 is 20.3 Å². The predicted octanol–water partition coefficient (Wildman–Crippen LogP) is 5.59. The van der Waals surface area contributed by atoms with Crippen molar-refractivity contribution in [3.63, 3.8) is 0 Å². The van der Waals surface area contributed by atoms with Gasteiger partial charge in [0.2, 0.25) is 5.91 Å². The van der Waals surface area contributed by atoms with Gasteiger partial charge in [0.1, 0.15) is 17.5 Å². The number of aliphatic hydroxyl groups is 1. The van der Waals surface area contributed by atoms with Crippen LogP contribution in [0.4, 0.5) is 11.4 Å². The van der Waals surface area contributed by atoms with Crippen LogP contribution in [-0.2, 0) is 24.2 Å². The molecule has 0 aliphatic carbocycles. The summed E-state index contributed by atoms with van der Waals surface area (Å²) in [6, 6.07) is 15.3. The number of unbranched alkanes of at least 4 members (excludes halogenated alkanes) is 2. The van der Waals surface area contributed by atoms with Crippen molar-refractivity contribution in [3.05, 3.63) is 72.3 Å². The van der Waals surface area contributed by atoms with Gasteiger partial charge in [-0.1, -0.05) is 69.9 Å². The van der Waals surface area contributed by atoms with Gasteiger partial charge in [0.15, 0.2) is 22.5 Å². The number of carboxylic acids is 1. The number of carbonyl (C=O) groups excluding carboxylic acids is 2. The van der Waals surface area contributed by atoms with E-state index in [1.165, 1.54) is 49.0 Å². The van der Waals surface area contributed by atoms with Gasteiger partial charge in [0.05, 0.1) is 27.3 Å². The zero-order valence-electron chi connectivity index (χ0n) is 30.0. The number of hydrogen-bond donors (Lipinski definition) is 5. The van der Waals surface area contributed by atoms with Crippen molar-refractivity contribution in [1.29, 1.82) is 0 Å². The van der Waals surface area contributed by atoms with Gasteiger partial charge in [-0.25, -0.2) is 13.2 Å². The van der Waals surface area contributed by atoms with Gasteiger partial charge in [0.25, 0.3) is 5.91 Å². The first-order valence-electron chi connectivity index (χ1n) is 17.4. The number of carbonyl (C=O) groups is 3. The Kier molecular flexibility index (Phi) is 14.0. The lowest BCUT2D eigenvalue weighted by Crippen LogP contribution is -2.52. The van der Waals surface area contributed by atoms with Crippen molar-refractivity contribution in [2.24, 2.45) is 5.41 Å². The highest BCUT2D eigenvalue weighted by Gasteiger charge is 2.42. The monoisotopic (exact) mass is 755 g/mol. The summed E-state index contributed by atoms with van der Waals surface area (Å²) in [5, 5.41) is 33.9. The van der Waals surface area contributed by atoms with Crippen molar-refractivity contribution >= 4 is 50.8 Å². The maximum Gasteiger partial charge on any atom is 0.328 e. The second-order valence-electron chi connectivity index (χ2n) is 13.3. The fourth-order valence-electron chi connectivity index (χ4n) is 6.52. The molecule has 0 spiro atoms. The minimum Gasteiger partial charge on any atom is -0.508 e. The number of ether oxygens (including phenoxy) is 1. The Hall–Kier alpha value is -4.27. The van der Waals surface area contributed by atoms with E-state index in [1.807, 2.05) is 36.6 Å². The molecule has 2 amide bonds. The van der Waals surface area contributed by atoms with Crippen molar-refractivity contribution in [1.82, 2.24) is 10.6 Å². The third kappa shape index (κ3) is 9.98. The molecule has 0 bridgehead atoms. The smallest absolute Gasteiger partial charge is 0.328 e. The molecule has 1 heterocycles. The molecule has 2 unspecified atom stereocenters. The summed E-state index contributed by atoms with van der Waals surface area (Å²) in [6.45, 7) is 5.34. The van der Waals surface area contributed by atoms with Crippen molar-refractivity contribution < 1.29 is 42.9 Å². The Morgan fingerprint density at radius 3 is 2.17 bits per heavy atom. The second-order valence-corrected chi connectivity index (χ2v) is 16.1. The van der Waals surface area contributed by atoms with Gasteiger partial charge >= 0.3 is 5.97 Å². The van der Waals surface area contributed by atoms with E-state index < -0.39 is 57.8 Å². The molecule has 5 N–H and O–H groups in total. The van der Waals surface area contributed by atoms with Crippen LogP contribution in [0.5, 0.6) is 11.5 Å². The van der Waals surface area contributed by atoms with Gasteiger partial charge in [0, 0.05) is 23.7 Å². The van der Waals surface area contributed by atoms with E-state index in [9.17, 15) is 38.1 Å². The van der Waals surface area contributed by atoms with Gasteiger partial charge in [-0.15, -0.1) is 11.8 Å². The minimum absolute atomic E-state index is 0.0257. The predicted molar refractivity (Wildman–Crippen MR) is 201 cm³/mol. The van der Waals surface area contributed by atoms with Crippen LogP contribution in [0.25, 0.3) is 0 Å². The van der Waals surface area contributed by atoms with Crippen LogP contribution in [0.1, 0.15) is 70.9 Å². The molecule has 282 valence electrons. The Balaban J connectivity index is 1.69. The van der Waals surface area contributed by atoms with Gasteiger partial charge < -0.3 is 35.6 Å². The van der Waals surface area contributed by atoms with E-state index in [0.29, 0.717) is 17.1 Å². The number of phenolic OH excluding ortho intramolecular Hbond substituents is 1. The molecule has 0 saturated heterocycles. The number of benzene rings is 3. The lowest BCUT2D eigenvalue weighted by Gasteiger charge is -2.37. The van der Waals surface area contributed by atoms with Crippen molar-refractivity contribution in [2.45, 2.75) is 87.3 Å². The number of phenols is 1. The number of para-hydroxylation sites is 1. The highest BCUT2D eigenvalue weighted by atomic mass is 32.2. The number of aliphatic carboxylic acids is 1. The number of nitrogens with one attached hydrogen (secondary N) is 2. The number of sulfone groups is 1. The highest BCUT2D eigenvalue weighted by Crippen LogP contribution is 2.47. The second kappa shape index (κ2) is 18.0. The highest BCUT2D eigenvalue weighted by molar-refractivity contribution is 7.98. The first-order valence-corrected chi connectivity index (χ1v) is 20.3. The Labute approximate surface area is 309 Å². The zero-order valence-corrected chi connectivity index (χ0v) is 31.6. The van der Waals surface area contributed by atoms with E-state index in [2.05, 4.69) is 29.4 Å². The first-order chi connectivity index (χ1) is 24.7. The average Bonchev–Trinajstić information content (AvgIpc) is 3.21.